The summed E-state index contributed by atoms with van der Waals surface area (Å²) < 4.78 is 0. The summed E-state index contributed by atoms with van der Waals surface area (Å²) in [7, 11) is 1.57. The van der Waals surface area contributed by atoms with Crippen molar-refractivity contribution in [3.8, 4) is 0 Å². The highest BCUT2D eigenvalue weighted by Crippen LogP contribution is 2.18. The van der Waals surface area contributed by atoms with Crippen molar-refractivity contribution in [1.29, 1.82) is 0 Å². The van der Waals surface area contributed by atoms with Crippen LogP contribution in [0.15, 0.2) is 18.2 Å². The highest BCUT2D eigenvalue weighted by atomic mass is 35.5. The molecule has 4 heteroatoms. The van der Waals surface area contributed by atoms with Gasteiger partial charge in [-0.25, -0.2) is 0 Å². The van der Waals surface area contributed by atoms with Crippen molar-refractivity contribution < 1.29 is 9.59 Å². The molecule has 0 bridgehead atoms. The Balaban J connectivity index is 3.08. The second kappa shape index (κ2) is 4.24. The van der Waals surface area contributed by atoms with Crippen molar-refractivity contribution >= 4 is 28.9 Å². The minimum Gasteiger partial charge on any atom is -0.302 e. The predicted molar refractivity (Wildman–Crippen MR) is 56.2 cm³/mol. The number of anilines is 1. The zero-order chi connectivity index (χ0) is 10.7. The van der Waals surface area contributed by atoms with E-state index in [1.165, 1.54) is 4.90 Å². The van der Waals surface area contributed by atoms with Crippen LogP contribution in [-0.4, -0.2) is 18.7 Å². The van der Waals surface area contributed by atoms with Crippen molar-refractivity contribution in [3.05, 3.63) is 29.3 Å². The molecule has 0 aliphatic heterocycles. The van der Waals surface area contributed by atoms with Crippen LogP contribution in [0.4, 0.5) is 10.5 Å². The molecule has 3 nitrogen and oxygen atoms in total. The van der Waals surface area contributed by atoms with Gasteiger partial charge >= 0.3 is 5.37 Å². The first-order valence-electron chi connectivity index (χ1n) is 4.05. The molecule has 0 unspecified atom stereocenters. The molecule has 14 heavy (non-hydrogen) atoms. The summed E-state index contributed by atoms with van der Waals surface area (Å²) in [5.74, 6) is 0. The lowest BCUT2D eigenvalue weighted by molar-refractivity contribution is 0.112. The molecule has 1 aromatic carbocycles. The van der Waals surface area contributed by atoms with Crippen LogP contribution in [0.1, 0.15) is 15.9 Å². The van der Waals surface area contributed by atoms with E-state index >= 15 is 0 Å². The number of hydrogen-bond acceptors (Lipinski definition) is 2. The summed E-state index contributed by atoms with van der Waals surface area (Å²) in [4.78, 5) is 22.7. The lowest BCUT2D eigenvalue weighted by atomic mass is 10.1. The fourth-order valence-corrected chi connectivity index (χ4v) is 1.20. The van der Waals surface area contributed by atoms with Crippen LogP contribution < -0.4 is 4.90 Å². The summed E-state index contributed by atoms with van der Waals surface area (Å²) in [6.45, 7) is 1.81. The first-order chi connectivity index (χ1) is 6.56. The second-order valence-electron chi connectivity index (χ2n) is 2.97. The Morgan fingerprint density at radius 3 is 2.57 bits per heavy atom. The first-order valence-corrected chi connectivity index (χ1v) is 4.43. The van der Waals surface area contributed by atoms with E-state index in [4.69, 9.17) is 11.6 Å². The molecule has 0 atom stereocenters. The summed E-state index contributed by atoms with van der Waals surface area (Å²) in [6.07, 6.45) is 0.779. The average Bonchev–Trinajstić information content (AvgIpc) is 2.16. The molecule has 1 rings (SSSR count). The van der Waals surface area contributed by atoms with Crippen LogP contribution in [0, 0.1) is 6.92 Å². The number of rotatable bonds is 2. The Hall–Kier alpha value is -1.35. The molecule has 0 aromatic heterocycles. The third-order valence-electron chi connectivity index (χ3n) is 2.03. The number of carbonyl (C=O) groups is 2. The number of hydrogen-bond donors (Lipinski definition) is 0. The molecule has 0 heterocycles. The number of halogens is 1. The SMILES string of the molecule is Cc1cc(N(C)C(=O)Cl)ccc1C=O. The number of aldehydes is 1. The van der Waals surface area contributed by atoms with Gasteiger partial charge in [0, 0.05) is 18.3 Å². The van der Waals surface area contributed by atoms with E-state index in [0.717, 1.165) is 11.8 Å². The molecule has 1 aromatic rings. The van der Waals surface area contributed by atoms with E-state index in [0.29, 0.717) is 11.3 Å². The van der Waals surface area contributed by atoms with Gasteiger partial charge in [-0.05, 0) is 42.3 Å². The molecule has 1 amide bonds. The molecule has 0 spiro atoms. The van der Waals surface area contributed by atoms with Gasteiger partial charge < -0.3 is 4.90 Å². The Morgan fingerprint density at radius 2 is 2.14 bits per heavy atom. The third kappa shape index (κ3) is 2.12. The number of benzene rings is 1. The number of aryl methyl sites for hydroxylation is 1. The Labute approximate surface area is 87.3 Å². The van der Waals surface area contributed by atoms with Crippen LogP contribution in [0.2, 0.25) is 0 Å². The van der Waals surface area contributed by atoms with E-state index in [1.54, 1.807) is 32.2 Å². The molecule has 0 saturated heterocycles. The number of nitrogens with zero attached hydrogens (tertiary/aromatic N) is 1. The maximum Gasteiger partial charge on any atom is 0.320 e. The summed E-state index contributed by atoms with van der Waals surface area (Å²) >= 11 is 5.31. The zero-order valence-electron chi connectivity index (χ0n) is 7.95. The van der Waals surface area contributed by atoms with E-state index < -0.39 is 5.37 Å². The molecule has 0 radical (unpaired) electrons. The minimum absolute atomic E-state index is 0.553. The predicted octanol–water partition coefficient (Wildman–Crippen LogP) is 2.60. The molecular formula is C10H10ClNO2. The maximum atomic E-state index is 10.8. The van der Waals surface area contributed by atoms with Gasteiger partial charge in [0.2, 0.25) is 0 Å². The van der Waals surface area contributed by atoms with Gasteiger partial charge in [0.25, 0.3) is 0 Å². The Kier molecular flexibility index (Phi) is 3.25. The molecule has 0 fully saturated rings. The van der Waals surface area contributed by atoms with Gasteiger partial charge in [-0.3, -0.25) is 9.59 Å². The lowest BCUT2D eigenvalue weighted by Gasteiger charge is -2.14. The minimum atomic E-state index is -0.553. The van der Waals surface area contributed by atoms with Crippen molar-refractivity contribution in [3.63, 3.8) is 0 Å². The lowest BCUT2D eigenvalue weighted by Crippen LogP contribution is -2.19. The van der Waals surface area contributed by atoms with Crippen molar-refractivity contribution in [1.82, 2.24) is 0 Å². The highest BCUT2D eigenvalue weighted by Gasteiger charge is 2.08. The van der Waals surface area contributed by atoms with E-state index in [2.05, 4.69) is 0 Å². The number of carbonyl (C=O) groups excluding carboxylic acids is 2. The van der Waals surface area contributed by atoms with Gasteiger partial charge in [0.05, 0.1) is 0 Å². The van der Waals surface area contributed by atoms with Crippen molar-refractivity contribution in [2.75, 3.05) is 11.9 Å². The third-order valence-corrected chi connectivity index (χ3v) is 2.28. The van der Waals surface area contributed by atoms with Crippen molar-refractivity contribution in [2.24, 2.45) is 0 Å². The van der Waals surface area contributed by atoms with Gasteiger partial charge in [-0.1, -0.05) is 0 Å². The Bertz CT molecular complexity index is 376. The van der Waals surface area contributed by atoms with Crippen LogP contribution in [0.5, 0.6) is 0 Å². The van der Waals surface area contributed by atoms with Crippen LogP contribution >= 0.6 is 11.6 Å². The highest BCUT2D eigenvalue weighted by molar-refractivity contribution is 6.66. The molecule has 0 saturated carbocycles. The smallest absolute Gasteiger partial charge is 0.302 e. The fourth-order valence-electron chi connectivity index (χ4n) is 1.10. The first kappa shape index (κ1) is 10.7. The molecule has 0 N–H and O–H groups in total. The molecular weight excluding hydrogens is 202 g/mol. The van der Waals surface area contributed by atoms with E-state index in [-0.39, 0.29) is 0 Å². The van der Waals surface area contributed by atoms with Gasteiger partial charge in [0.15, 0.2) is 0 Å². The maximum absolute atomic E-state index is 10.8. The standard InChI is InChI=1S/C10H10ClNO2/c1-7-5-9(12(2)10(11)14)4-3-8(7)6-13/h3-6H,1-2H3. The van der Waals surface area contributed by atoms with E-state index in [9.17, 15) is 9.59 Å². The molecule has 0 aliphatic rings. The molecule has 0 aliphatic carbocycles. The van der Waals surface area contributed by atoms with Crippen molar-refractivity contribution in [2.45, 2.75) is 6.92 Å². The quantitative estimate of drug-likeness (QED) is 0.428. The topological polar surface area (TPSA) is 37.4 Å². The van der Waals surface area contributed by atoms with Gasteiger partial charge in [-0.2, -0.15) is 0 Å². The van der Waals surface area contributed by atoms with Crippen LogP contribution in [0.3, 0.4) is 0 Å². The van der Waals surface area contributed by atoms with Gasteiger partial charge in [0.1, 0.15) is 6.29 Å². The summed E-state index contributed by atoms with van der Waals surface area (Å²) in [5, 5.41) is -0.553. The monoisotopic (exact) mass is 211 g/mol. The normalized spacial score (nSPS) is 9.64. The largest absolute Gasteiger partial charge is 0.320 e. The summed E-state index contributed by atoms with van der Waals surface area (Å²) in [5.41, 5.74) is 2.11. The van der Waals surface area contributed by atoms with Crippen LogP contribution in [-0.2, 0) is 0 Å². The van der Waals surface area contributed by atoms with Crippen LogP contribution in [0.25, 0.3) is 0 Å². The molecule has 74 valence electrons. The summed E-state index contributed by atoms with van der Waals surface area (Å²) in [6, 6.07) is 5.08. The fraction of sp³-hybridized carbons (Fsp3) is 0.200. The zero-order valence-corrected chi connectivity index (χ0v) is 8.71. The van der Waals surface area contributed by atoms with Gasteiger partial charge in [-0.15, -0.1) is 0 Å². The average molecular weight is 212 g/mol. The number of amides is 1. The second-order valence-corrected chi connectivity index (χ2v) is 3.29. The van der Waals surface area contributed by atoms with E-state index in [1.807, 2.05) is 0 Å². The Morgan fingerprint density at radius 1 is 1.50 bits per heavy atom.